The van der Waals surface area contributed by atoms with Crippen LogP contribution in [0.5, 0.6) is 5.75 Å². The van der Waals surface area contributed by atoms with Gasteiger partial charge in [-0.05, 0) is 24.4 Å². The number of aliphatic imine (C=N–C) groups is 1. The fraction of sp³-hybridized carbons (Fsp3) is 0.476. The van der Waals surface area contributed by atoms with E-state index in [4.69, 9.17) is 9.47 Å². The van der Waals surface area contributed by atoms with Gasteiger partial charge in [-0.2, -0.15) is 0 Å². The standard InChI is InChI=1S/C21H30N4O2S.HI/c1-16-15-25(10-11-27-16)18(20-9-6-12-28-20)14-24-21(22-2)23-13-17-7-4-5-8-19(17)26-3;/h4-9,12,16,18H,10-11,13-15H2,1-3H3,(H2,22,23,24);1H. The molecule has 1 aromatic heterocycles. The molecule has 2 atom stereocenters. The molecule has 2 unspecified atom stereocenters. The van der Waals surface area contributed by atoms with Crippen molar-refractivity contribution in [2.75, 3.05) is 40.4 Å². The molecule has 0 radical (unpaired) electrons. The normalized spacial score (nSPS) is 18.6. The van der Waals surface area contributed by atoms with E-state index in [1.807, 2.05) is 18.2 Å². The maximum Gasteiger partial charge on any atom is 0.191 e. The van der Waals surface area contributed by atoms with E-state index in [0.29, 0.717) is 12.6 Å². The van der Waals surface area contributed by atoms with E-state index in [1.165, 1.54) is 4.88 Å². The van der Waals surface area contributed by atoms with Gasteiger partial charge in [0, 0.05) is 43.7 Å². The van der Waals surface area contributed by atoms with Crippen LogP contribution < -0.4 is 15.4 Å². The number of rotatable bonds is 7. The van der Waals surface area contributed by atoms with Crippen molar-refractivity contribution in [2.24, 2.45) is 4.99 Å². The number of hydrogen-bond donors (Lipinski definition) is 2. The van der Waals surface area contributed by atoms with Gasteiger partial charge in [-0.15, -0.1) is 35.3 Å². The number of thiophene rings is 1. The SMILES string of the molecule is CN=C(NCc1ccccc1OC)NCC(c1cccs1)N1CCOC(C)C1.I. The van der Waals surface area contributed by atoms with Gasteiger partial charge in [0.15, 0.2) is 5.96 Å². The van der Waals surface area contributed by atoms with E-state index < -0.39 is 0 Å². The van der Waals surface area contributed by atoms with Crippen LogP contribution in [0.2, 0.25) is 0 Å². The maximum atomic E-state index is 5.73. The summed E-state index contributed by atoms with van der Waals surface area (Å²) in [4.78, 5) is 8.25. The van der Waals surface area contributed by atoms with Gasteiger partial charge in [-0.3, -0.25) is 9.89 Å². The van der Waals surface area contributed by atoms with Gasteiger partial charge in [-0.1, -0.05) is 24.3 Å². The highest BCUT2D eigenvalue weighted by Crippen LogP contribution is 2.26. The van der Waals surface area contributed by atoms with E-state index in [0.717, 1.165) is 43.5 Å². The van der Waals surface area contributed by atoms with Crippen molar-refractivity contribution in [2.45, 2.75) is 25.6 Å². The fourth-order valence-corrected chi connectivity index (χ4v) is 4.32. The Morgan fingerprint density at radius 2 is 2.14 bits per heavy atom. The Hall–Kier alpha value is -1.36. The van der Waals surface area contributed by atoms with Crippen LogP contribution in [0.1, 0.15) is 23.4 Å². The first-order valence-electron chi connectivity index (χ1n) is 9.66. The molecule has 2 aromatic rings. The average Bonchev–Trinajstić information content (AvgIpc) is 3.25. The lowest BCUT2D eigenvalue weighted by Crippen LogP contribution is -2.47. The number of benzene rings is 1. The van der Waals surface area contributed by atoms with Gasteiger partial charge in [-0.25, -0.2) is 0 Å². The maximum absolute atomic E-state index is 5.73. The van der Waals surface area contributed by atoms with Gasteiger partial charge in [0.05, 0.1) is 25.9 Å². The second kappa shape index (κ2) is 12.4. The Morgan fingerprint density at radius 3 is 2.83 bits per heavy atom. The summed E-state index contributed by atoms with van der Waals surface area (Å²) >= 11 is 1.80. The van der Waals surface area contributed by atoms with E-state index in [1.54, 1.807) is 25.5 Å². The predicted octanol–water partition coefficient (Wildman–Crippen LogP) is 3.50. The smallest absolute Gasteiger partial charge is 0.191 e. The molecular formula is C21H31IN4O2S. The third-order valence-corrected chi connectivity index (χ3v) is 5.88. The van der Waals surface area contributed by atoms with Crippen molar-refractivity contribution in [3.63, 3.8) is 0 Å². The summed E-state index contributed by atoms with van der Waals surface area (Å²) < 4.78 is 11.2. The number of ether oxygens (including phenoxy) is 2. The Balaban J connectivity index is 0.00000300. The number of guanidine groups is 1. The van der Waals surface area contributed by atoms with Crippen molar-refractivity contribution in [1.29, 1.82) is 0 Å². The molecule has 160 valence electrons. The third-order valence-electron chi connectivity index (χ3n) is 4.91. The van der Waals surface area contributed by atoms with Crippen molar-refractivity contribution >= 4 is 41.3 Å². The van der Waals surface area contributed by atoms with Crippen LogP contribution in [-0.4, -0.2) is 57.4 Å². The van der Waals surface area contributed by atoms with Crippen molar-refractivity contribution in [3.8, 4) is 5.75 Å². The highest BCUT2D eigenvalue weighted by molar-refractivity contribution is 14.0. The van der Waals surface area contributed by atoms with Crippen molar-refractivity contribution in [1.82, 2.24) is 15.5 Å². The van der Waals surface area contributed by atoms with Gasteiger partial charge >= 0.3 is 0 Å². The van der Waals surface area contributed by atoms with Gasteiger partial charge in [0.1, 0.15) is 5.75 Å². The molecule has 0 bridgehead atoms. The highest BCUT2D eigenvalue weighted by atomic mass is 127. The zero-order valence-electron chi connectivity index (χ0n) is 17.3. The number of nitrogens with zero attached hydrogens (tertiary/aromatic N) is 2. The summed E-state index contributed by atoms with van der Waals surface area (Å²) in [5.74, 6) is 1.66. The topological polar surface area (TPSA) is 58.1 Å². The molecule has 0 amide bonds. The zero-order valence-corrected chi connectivity index (χ0v) is 20.4. The van der Waals surface area contributed by atoms with E-state index in [2.05, 4.69) is 51.0 Å². The molecule has 0 spiro atoms. The molecule has 3 rings (SSSR count). The molecule has 1 fully saturated rings. The molecule has 2 N–H and O–H groups in total. The predicted molar refractivity (Wildman–Crippen MR) is 131 cm³/mol. The number of methoxy groups -OCH3 is 1. The Labute approximate surface area is 194 Å². The van der Waals surface area contributed by atoms with Crippen LogP contribution in [0.3, 0.4) is 0 Å². The van der Waals surface area contributed by atoms with Crippen molar-refractivity contribution in [3.05, 3.63) is 52.2 Å². The van der Waals surface area contributed by atoms with Gasteiger partial charge in [0.25, 0.3) is 0 Å². The molecule has 6 nitrogen and oxygen atoms in total. The molecule has 0 aliphatic carbocycles. The molecule has 8 heteroatoms. The molecule has 2 heterocycles. The van der Waals surface area contributed by atoms with Crippen LogP contribution in [0.4, 0.5) is 0 Å². The number of para-hydroxylation sites is 1. The Morgan fingerprint density at radius 1 is 1.31 bits per heavy atom. The molecule has 0 saturated carbocycles. The van der Waals surface area contributed by atoms with E-state index in [9.17, 15) is 0 Å². The minimum absolute atomic E-state index is 0. The minimum Gasteiger partial charge on any atom is -0.496 e. The van der Waals surface area contributed by atoms with E-state index >= 15 is 0 Å². The minimum atomic E-state index is 0. The number of nitrogens with one attached hydrogen (secondary N) is 2. The second-order valence-corrected chi connectivity index (χ2v) is 7.81. The lowest BCUT2D eigenvalue weighted by Gasteiger charge is -2.37. The quantitative estimate of drug-likeness (QED) is 0.326. The van der Waals surface area contributed by atoms with E-state index in [-0.39, 0.29) is 30.1 Å². The molecule has 1 saturated heterocycles. The summed E-state index contributed by atoms with van der Waals surface area (Å²) in [5.41, 5.74) is 1.10. The summed E-state index contributed by atoms with van der Waals surface area (Å²) in [5, 5.41) is 9.03. The average molecular weight is 530 g/mol. The zero-order chi connectivity index (χ0) is 19.8. The first kappa shape index (κ1) is 23.9. The van der Waals surface area contributed by atoms with Crippen LogP contribution in [0.15, 0.2) is 46.8 Å². The molecular weight excluding hydrogens is 499 g/mol. The molecule has 1 aliphatic heterocycles. The van der Waals surface area contributed by atoms with Crippen LogP contribution in [0.25, 0.3) is 0 Å². The first-order chi connectivity index (χ1) is 13.7. The largest absolute Gasteiger partial charge is 0.496 e. The van der Waals surface area contributed by atoms with Gasteiger partial charge in [0.2, 0.25) is 0 Å². The summed E-state index contributed by atoms with van der Waals surface area (Å²) in [6.07, 6.45) is 0.263. The number of morpholine rings is 1. The first-order valence-corrected chi connectivity index (χ1v) is 10.5. The molecule has 1 aromatic carbocycles. The van der Waals surface area contributed by atoms with Gasteiger partial charge < -0.3 is 20.1 Å². The summed E-state index contributed by atoms with van der Waals surface area (Å²) in [6, 6.07) is 12.7. The third kappa shape index (κ3) is 6.84. The van der Waals surface area contributed by atoms with Crippen LogP contribution in [-0.2, 0) is 11.3 Å². The fourth-order valence-electron chi connectivity index (χ4n) is 3.46. The summed E-state index contributed by atoms with van der Waals surface area (Å²) in [6.45, 7) is 6.25. The lowest BCUT2D eigenvalue weighted by atomic mass is 10.1. The Kier molecular flexibility index (Phi) is 10.2. The van der Waals surface area contributed by atoms with Crippen LogP contribution >= 0.6 is 35.3 Å². The lowest BCUT2D eigenvalue weighted by molar-refractivity contribution is -0.0334. The van der Waals surface area contributed by atoms with Crippen LogP contribution in [0, 0.1) is 0 Å². The van der Waals surface area contributed by atoms with Crippen molar-refractivity contribution < 1.29 is 9.47 Å². The highest BCUT2D eigenvalue weighted by Gasteiger charge is 2.26. The number of hydrogen-bond acceptors (Lipinski definition) is 5. The molecule has 1 aliphatic rings. The Bertz CT molecular complexity index is 757. The second-order valence-electron chi connectivity index (χ2n) is 6.83. The monoisotopic (exact) mass is 530 g/mol. The number of halogens is 1. The summed E-state index contributed by atoms with van der Waals surface area (Å²) in [7, 11) is 3.50. The molecule has 29 heavy (non-hydrogen) atoms.